The summed E-state index contributed by atoms with van der Waals surface area (Å²) in [7, 11) is 0. The average Bonchev–Trinajstić information content (AvgIpc) is 2.37. The van der Waals surface area contributed by atoms with E-state index in [1.807, 2.05) is 18.2 Å². The highest BCUT2D eigenvalue weighted by Crippen LogP contribution is 2.40. The van der Waals surface area contributed by atoms with Gasteiger partial charge in [0.25, 0.3) is 0 Å². The van der Waals surface area contributed by atoms with Crippen LogP contribution in [0.2, 0.25) is 0 Å². The predicted octanol–water partition coefficient (Wildman–Crippen LogP) is 4.34. The molecule has 1 nitrogen and oxygen atoms in total. The fourth-order valence-electron chi connectivity index (χ4n) is 2.87. The smallest absolute Gasteiger partial charge is 0.104 e. The fourth-order valence-corrected chi connectivity index (χ4v) is 2.87. The maximum absolute atomic E-state index is 10.7. The molecule has 1 saturated carbocycles. The Hall–Kier alpha value is -1.60. The van der Waals surface area contributed by atoms with Gasteiger partial charge in [-0.05, 0) is 42.4 Å². The zero-order valence-electron chi connectivity index (χ0n) is 11.3. The first-order chi connectivity index (χ1) is 9.25. The molecule has 2 aromatic rings. The maximum atomic E-state index is 10.7. The molecular formula is C18H20O. The SMILES string of the molecule is Cc1cccc(C(O)c2ccccc2C2CCC2)c1. The number of hydrogen-bond donors (Lipinski definition) is 1. The summed E-state index contributed by atoms with van der Waals surface area (Å²) in [6, 6.07) is 16.5. The van der Waals surface area contributed by atoms with Gasteiger partial charge in [0, 0.05) is 0 Å². The largest absolute Gasteiger partial charge is 0.384 e. The van der Waals surface area contributed by atoms with Gasteiger partial charge in [-0.2, -0.15) is 0 Å². The lowest BCUT2D eigenvalue weighted by Gasteiger charge is -2.29. The Labute approximate surface area is 114 Å². The highest BCUT2D eigenvalue weighted by molar-refractivity contribution is 5.39. The summed E-state index contributed by atoms with van der Waals surface area (Å²) >= 11 is 0. The molecule has 1 heteroatoms. The summed E-state index contributed by atoms with van der Waals surface area (Å²) in [5.74, 6) is 0.649. The minimum atomic E-state index is -0.503. The molecule has 1 unspecified atom stereocenters. The third-order valence-electron chi connectivity index (χ3n) is 4.19. The van der Waals surface area contributed by atoms with E-state index in [-0.39, 0.29) is 0 Å². The molecule has 1 aliphatic rings. The minimum absolute atomic E-state index is 0.503. The summed E-state index contributed by atoms with van der Waals surface area (Å²) in [6.45, 7) is 2.06. The van der Waals surface area contributed by atoms with Crippen molar-refractivity contribution in [3.05, 3.63) is 70.8 Å². The van der Waals surface area contributed by atoms with Gasteiger partial charge in [-0.3, -0.25) is 0 Å². The first-order valence-corrected chi connectivity index (χ1v) is 7.09. The van der Waals surface area contributed by atoms with Gasteiger partial charge in [-0.1, -0.05) is 60.5 Å². The molecular weight excluding hydrogens is 232 g/mol. The van der Waals surface area contributed by atoms with Crippen LogP contribution in [0.4, 0.5) is 0 Å². The molecule has 0 aromatic heterocycles. The lowest BCUT2D eigenvalue weighted by Crippen LogP contribution is -2.13. The summed E-state index contributed by atoms with van der Waals surface area (Å²) in [4.78, 5) is 0. The van der Waals surface area contributed by atoms with E-state index in [4.69, 9.17) is 0 Å². The van der Waals surface area contributed by atoms with Crippen molar-refractivity contribution in [1.29, 1.82) is 0 Å². The zero-order valence-corrected chi connectivity index (χ0v) is 11.3. The van der Waals surface area contributed by atoms with Crippen LogP contribution in [-0.4, -0.2) is 5.11 Å². The fraction of sp³-hybridized carbons (Fsp3) is 0.333. The van der Waals surface area contributed by atoms with Crippen molar-refractivity contribution in [3.8, 4) is 0 Å². The monoisotopic (exact) mass is 252 g/mol. The van der Waals surface area contributed by atoms with Crippen LogP contribution in [0, 0.1) is 6.92 Å². The number of rotatable bonds is 3. The van der Waals surface area contributed by atoms with E-state index < -0.39 is 6.10 Å². The average molecular weight is 252 g/mol. The molecule has 1 N–H and O–H groups in total. The number of aliphatic hydroxyl groups excluding tert-OH is 1. The van der Waals surface area contributed by atoms with Crippen LogP contribution in [0.1, 0.15) is 53.5 Å². The molecule has 3 rings (SSSR count). The minimum Gasteiger partial charge on any atom is -0.384 e. The third-order valence-corrected chi connectivity index (χ3v) is 4.19. The second kappa shape index (κ2) is 5.18. The standard InChI is InChI=1S/C18H20O/c1-13-6-4-9-15(12-13)18(19)17-11-3-2-10-16(17)14-7-5-8-14/h2-4,6,9-12,14,18-19H,5,7-8H2,1H3. The first kappa shape index (κ1) is 12.4. The molecule has 98 valence electrons. The summed E-state index contributed by atoms with van der Waals surface area (Å²) in [5.41, 5.74) is 4.60. The predicted molar refractivity (Wildman–Crippen MR) is 78.3 cm³/mol. The molecule has 0 radical (unpaired) electrons. The molecule has 0 amide bonds. The quantitative estimate of drug-likeness (QED) is 0.861. The normalized spacial score (nSPS) is 16.9. The van der Waals surface area contributed by atoms with Crippen molar-refractivity contribution in [1.82, 2.24) is 0 Å². The second-order valence-corrected chi connectivity index (χ2v) is 5.57. The van der Waals surface area contributed by atoms with E-state index in [2.05, 4.69) is 37.3 Å². The van der Waals surface area contributed by atoms with Gasteiger partial charge >= 0.3 is 0 Å². The van der Waals surface area contributed by atoms with Crippen LogP contribution in [0.3, 0.4) is 0 Å². The van der Waals surface area contributed by atoms with Gasteiger partial charge in [0.05, 0.1) is 0 Å². The van der Waals surface area contributed by atoms with Gasteiger partial charge in [0.2, 0.25) is 0 Å². The molecule has 19 heavy (non-hydrogen) atoms. The Morgan fingerprint density at radius 2 is 1.84 bits per heavy atom. The Morgan fingerprint density at radius 1 is 1.05 bits per heavy atom. The van der Waals surface area contributed by atoms with Crippen LogP contribution in [0.25, 0.3) is 0 Å². The zero-order chi connectivity index (χ0) is 13.2. The highest BCUT2D eigenvalue weighted by atomic mass is 16.3. The third kappa shape index (κ3) is 2.43. The van der Waals surface area contributed by atoms with Crippen LogP contribution in [0.15, 0.2) is 48.5 Å². The van der Waals surface area contributed by atoms with Crippen LogP contribution in [0.5, 0.6) is 0 Å². The number of benzene rings is 2. The van der Waals surface area contributed by atoms with Crippen molar-refractivity contribution < 1.29 is 5.11 Å². The van der Waals surface area contributed by atoms with Crippen molar-refractivity contribution in [2.24, 2.45) is 0 Å². The Kier molecular flexibility index (Phi) is 3.39. The van der Waals surface area contributed by atoms with Crippen LogP contribution in [-0.2, 0) is 0 Å². The topological polar surface area (TPSA) is 20.2 Å². The summed E-state index contributed by atoms with van der Waals surface area (Å²) in [5, 5.41) is 10.7. The van der Waals surface area contributed by atoms with Crippen molar-refractivity contribution >= 4 is 0 Å². The van der Waals surface area contributed by atoms with E-state index in [1.165, 1.54) is 30.4 Å². The molecule has 1 aliphatic carbocycles. The molecule has 0 heterocycles. The van der Waals surface area contributed by atoms with E-state index in [9.17, 15) is 5.11 Å². The number of aryl methyl sites for hydroxylation is 1. The Balaban J connectivity index is 1.97. The maximum Gasteiger partial charge on any atom is 0.104 e. The van der Waals surface area contributed by atoms with Crippen LogP contribution < -0.4 is 0 Å². The number of aliphatic hydroxyl groups is 1. The van der Waals surface area contributed by atoms with Crippen molar-refractivity contribution in [3.63, 3.8) is 0 Å². The second-order valence-electron chi connectivity index (χ2n) is 5.57. The van der Waals surface area contributed by atoms with Crippen molar-refractivity contribution in [2.75, 3.05) is 0 Å². The summed E-state index contributed by atoms with van der Waals surface area (Å²) < 4.78 is 0. The Morgan fingerprint density at radius 3 is 2.53 bits per heavy atom. The van der Waals surface area contributed by atoms with Gasteiger partial charge in [0.1, 0.15) is 6.10 Å². The van der Waals surface area contributed by atoms with E-state index in [1.54, 1.807) is 0 Å². The van der Waals surface area contributed by atoms with Gasteiger partial charge in [0.15, 0.2) is 0 Å². The van der Waals surface area contributed by atoms with E-state index in [0.717, 1.165) is 11.1 Å². The molecule has 0 spiro atoms. The lowest BCUT2D eigenvalue weighted by molar-refractivity contribution is 0.217. The molecule has 1 fully saturated rings. The van der Waals surface area contributed by atoms with E-state index >= 15 is 0 Å². The van der Waals surface area contributed by atoms with Gasteiger partial charge in [-0.15, -0.1) is 0 Å². The lowest BCUT2D eigenvalue weighted by atomic mass is 9.77. The number of hydrogen-bond acceptors (Lipinski definition) is 1. The molecule has 0 bridgehead atoms. The van der Waals surface area contributed by atoms with Gasteiger partial charge in [-0.25, -0.2) is 0 Å². The first-order valence-electron chi connectivity index (χ1n) is 7.09. The van der Waals surface area contributed by atoms with Crippen molar-refractivity contribution in [2.45, 2.75) is 38.2 Å². The molecule has 2 aromatic carbocycles. The highest BCUT2D eigenvalue weighted by Gasteiger charge is 2.24. The van der Waals surface area contributed by atoms with Gasteiger partial charge < -0.3 is 5.11 Å². The van der Waals surface area contributed by atoms with Crippen LogP contribution >= 0.6 is 0 Å². The molecule has 0 aliphatic heterocycles. The molecule has 1 atom stereocenters. The van der Waals surface area contributed by atoms with E-state index in [0.29, 0.717) is 5.92 Å². The molecule has 0 saturated heterocycles. The summed E-state index contributed by atoms with van der Waals surface area (Å²) in [6.07, 6.45) is 3.34. The Bertz CT molecular complexity index is 569.